The van der Waals surface area contributed by atoms with E-state index < -0.39 is 40.3 Å². The quantitative estimate of drug-likeness (QED) is 0.355. The maximum absolute atomic E-state index is 12.8. The van der Waals surface area contributed by atoms with Crippen LogP contribution >= 0.6 is 0 Å². The fourth-order valence-electron chi connectivity index (χ4n) is 1.13. The second kappa shape index (κ2) is 4.18. The Kier molecular flexibility index (Phi) is 3.25. The Morgan fingerprint density at radius 3 is 2.24 bits per heavy atom. The molecule has 4 nitrogen and oxygen atoms in total. The minimum absolute atomic E-state index is 0.0199. The summed E-state index contributed by atoms with van der Waals surface area (Å²) < 4.78 is 74.3. The average Bonchev–Trinajstić information content (AvgIpc) is 2.14. The third-order valence-electron chi connectivity index (χ3n) is 1.75. The van der Waals surface area contributed by atoms with E-state index in [9.17, 15) is 36.5 Å². The van der Waals surface area contributed by atoms with Gasteiger partial charge in [0.15, 0.2) is 0 Å². The van der Waals surface area contributed by atoms with Gasteiger partial charge in [-0.25, -0.2) is 13.8 Å². The normalized spacial score (nSPS) is 11.9. The van der Waals surface area contributed by atoms with Crippen molar-refractivity contribution < 1.29 is 31.3 Å². The van der Waals surface area contributed by atoms with Gasteiger partial charge < -0.3 is 0 Å². The average molecular weight is 260 g/mol. The highest BCUT2D eigenvalue weighted by Gasteiger charge is 2.43. The number of aromatic nitrogens is 1. The SMILES string of the molecule is O=[N+]([O-])c1cnc(F)c(C(F)(F)F)c1C(F)F. The summed E-state index contributed by atoms with van der Waals surface area (Å²) in [6, 6.07) is 0. The zero-order valence-electron chi connectivity index (χ0n) is 7.63. The highest BCUT2D eigenvalue weighted by Crippen LogP contribution is 2.41. The molecule has 0 saturated carbocycles. The summed E-state index contributed by atoms with van der Waals surface area (Å²) in [4.78, 5) is 11.2. The van der Waals surface area contributed by atoms with Crippen LogP contribution in [0.5, 0.6) is 0 Å². The number of hydrogen-bond donors (Lipinski definition) is 0. The minimum atomic E-state index is -5.49. The molecule has 94 valence electrons. The maximum atomic E-state index is 12.8. The molecule has 0 N–H and O–H groups in total. The van der Waals surface area contributed by atoms with Crippen molar-refractivity contribution in [3.63, 3.8) is 0 Å². The van der Waals surface area contributed by atoms with E-state index in [1.165, 1.54) is 0 Å². The standard InChI is InChI=1S/C7H2F6N2O2/c8-5(9)3-2(15(16)17)1-14-6(10)4(3)7(11,12)13/h1,5H. The Labute approximate surface area is 89.0 Å². The Bertz CT molecular complexity index is 458. The van der Waals surface area contributed by atoms with Gasteiger partial charge in [0.2, 0.25) is 5.95 Å². The third-order valence-corrected chi connectivity index (χ3v) is 1.75. The first-order valence-corrected chi connectivity index (χ1v) is 3.84. The van der Waals surface area contributed by atoms with E-state index in [1.54, 1.807) is 0 Å². The number of nitrogens with zero attached hydrogens (tertiary/aromatic N) is 2. The summed E-state index contributed by atoms with van der Waals surface area (Å²) >= 11 is 0. The van der Waals surface area contributed by atoms with Gasteiger partial charge in [0.1, 0.15) is 17.3 Å². The number of hydrogen-bond acceptors (Lipinski definition) is 3. The Morgan fingerprint density at radius 2 is 1.88 bits per heavy atom. The van der Waals surface area contributed by atoms with Crippen molar-refractivity contribution in [3.05, 3.63) is 33.4 Å². The third kappa shape index (κ3) is 2.45. The molecule has 0 fully saturated rings. The van der Waals surface area contributed by atoms with Crippen molar-refractivity contribution in [1.82, 2.24) is 4.98 Å². The van der Waals surface area contributed by atoms with Crippen molar-refractivity contribution in [2.24, 2.45) is 0 Å². The Hall–Kier alpha value is -1.87. The molecule has 10 heteroatoms. The van der Waals surface area contributed by atoms with Crippen molar-refractivity contribution in [1.29, 1.82) is 0 Å². The van der Waals surface area contributed by atoms with Crippen molar-refractivity contribution in [2.75, 3.05) is 0 Å². The molecule has 0 amide bonds. The van der Waals surface area contributed by atoms with Gasteiger partial charge in [-0.3, -0.25) is 10.1 Å². The predicted molar refractivity (Wildman–Crippen MR) is 40.8 cm³/mol. The molecule has 0 unspecified atom stereocenters. The van der Waals surface area contributed by atoms with Crippen LogP contribution in [0, 0.1) is 16.1 Å². The molecule has 0 aromatic carbocycles. The van der Waals surface area contributed by atoms with Crippen molar-refractivity contribution >= 4 is 5.69 Å². The molecule has 1 rings (SSSR count). The van der Waals surface area contributed by atoms with Gasteiger partial charge >= 0.3 is 6.18 Å². The fourth-order valence-corrected chi connectivity index (χ4v) is 1.13. The molecule has 17 heavy (non-hydrogen) atoms. The van der Waals surface area contributed by atoms with Crippen LogP contribution < -0.4 is 0 Å². The number of halogens is 6. The molecule has 0 atom stereocenters. The Balaban J connectivity index is 3.67. The van der Waals surface area contributed by atoms with E-state index >= 15 is 0 Å². The van der Waals surface area contributed by atoms with Crippen LogP contribution in [-0.2, 0) is 6.18 Å². The van der Waals surface area contributed by atoms with Gasteiger partial charge in [-0.1, -0.05) is 0 Å². The number of rotatable bonds is 2. The van der Waals surface area contributed by atoms with Gasteiger partial charge in [-0.15, -0.1) is 0 Å². The van der Waals surface area contributed by atoms with Crippen LogP contribution in [0.2, 0.25) is 0 Å². The van der Waals surface area contributed by atoms with Gasteiger partial charge in [0, 0.05) is 0 Å². The lowest BCUT2D eigenvalue weighted by Gasteiger charge is -2.12. The van der Waals surface area contributed by atoms with Crippen LogP contribution in [0.3, 0.4) is 0 Å². The summed E-state index contributed by atoms with van der Waals surface area (Å²) in [5, 5.41) is 10.3. The molecule has 0 aliphatic carbocycles. The summed E-state index contributed by atoms with van der Waals surface area (Å²) in [6.45, 7) is 0. The molecule has 0 bridgehead atoms. The monoisotopic (exact) mass is 260 g/mol. The second-order valence-electron chi connectivity index (χ2n) is 2.78. The molecule has 0 radical (unpaired) electrons. The molecule has 0 aliphatic rings. The molecular weight excluding hydrogens is 258 g/mol. The first kappa shape index (κ1) is 13.2. The van der Waals surface area contributed by atoms with Gasteiger partial charge in [0.05, 0.1) is 4.92 Å². The van der Waals surface area contributed by atoms with Crippen LogP contribution in [-0.4, -0.2) is 9.91 Å². The number of pyridine rings is 1. The van der Waals surface area contributed by atoms with Crippen LogP contribution in [0.15, 0.2) is 6.20 Å². The summed E-state index contributed by atoms with van der Waals surface area (Å²) in [6.07, 6.45) is -9.31. The molecule has 0 saturated heterocycles. The summed E-state index contributed by atoms with van der Waals surface area (Å²) in [5.74, 6) is -2.22. The van der Waals surface area contributed by atoms with E-state index in [2.05, 4.69) is 4.98 Å². The summed E-state index contributed by atoms with van der Waals surface area (Å²) in [7, 11) is 0. The molecule has 0 aliphatic heterocycles. The van der Waals surface area contributed by atoms with E-state index in [-0.39, 0.29) is 6.20 Å². The first-order valence-electron chi connectivity index (χ1n) is 3.84. The molecule has 1 heterocycles. The fraction of sp³-hybridized carbons (Fsp3) is 0.286. The summed E-state index contributed by atoms with van der Waals surface area (Å²) in [5.41, 5.74) is -6.01. The smallest absolute Gasteiger partial charge is 0.258 e. The van der Waals surface area contributed by atoms with E-state index in [1.807, 2.05) is 0 Å². The highest BCUT2D eigenvalue weighted by atomic mass is 19.4. The van der Waals surface area contributed by atoms with Crippen molar-refractivity contribution in [2.45, 2.75) is 12.6 Å². The van der Waals surface area contributed by atoms with E-state index in [0.29, 0.717) is 0 Å². The van der Waals surface area contributed by atoms with Gasteiger partial charge in [-0.05, 0) is 0 Å². The van der Waals surface area contributed by atoms with E-state index in [0.717, 1.165) is 0 Å². The zero-order valence-corrected chi connectivity index (χ0v) is 7.63. The lowest BCUT2D eigenvalue weighted by atomic mass is 10.1. The lowest BCUT2D eigenvalue weighted by molar-refractivity contribution is -0.386. The molecular formula is C7H2F6N2O2. The van der Waals surface area contributed by atoms with Crippen LogP contribution in [0.1, 0.15) is 17.6 Å². The van der Waals surface area contributed by atoms with Crippen LogP contribution in [0.4, 0.5) is 32.0 Å². The number of alkyl halides is 5. The zero-order chi connectivity index (χ0) is 13.4. The minimum Gasteiger partial charge on any atom is -0.258 e. The van der Waals surface area contributed by atoms with Crippen molar-refractivity contribution in [3.8, 4) is 0 Å². The van der Waals surface area contributed by atoms with E-state index in [4.69, 9.17) is 0 Å². The predicted octanol–water partition coefficient (Wildman–Crippen LogP) is 3.09. The maximum Gasteiger partial charge on any atom is 0.421 e. The second-order valence-corrected chi connectivity index (χ2v) is 2.78. The largest absolute Gasteiger partial charge is 0.421 e. The molecule has 1 aromatic heterocycles. The Morgan fingerprint density at radius 1 is 1.35 bits per heavy atom. The van der Waals surface area contributed by atoms with Gasteiger partial charge in [-0.2, -0.15) is 17.6 Å². The number of nitro groups is 1. The lowest BCUT2D eigenvalue weighted by Crippen LogP contribution is -2.15. The molecule has 0 spiro atoms. The topological polar surface area (TPSA) is 56.0 Å². The molecule has 1 aromatic rings. The van der Waals surface area contributed by atoms with Gasteiger partial charge in [0.25, 0.3) is 12.1 Å². The highest BCUT2D eigenvalue weighted by molar-refractivity contribution is 5.45. The van der Waals surface area contributed by atoms with Crippen LogP contribution in [0.25, 0.3) is 0 Å². The first-order chi connectivity index (χ1) is 7.66.